The largest absolute Gasteiger partial charge is 0.469 e. The summed E-state index contributed by atoms with van der Waals surface area (Å²) < 4.78 is 9.73. The average molecular weight is 331 g/mol. The van der Waals surface area contributed by atoms with E-state index in [-0.39, 0.29) is 19.0 Å². The van der Waals surface area contributed by atoms with Gasteiger partial charge < -0.3 is 14.5 Å². The number of ether oxygens (including phenoxy) is 2. The van der Waals surface area contributed by atoms with Crippen LogP contribution in [0.5, 0.6) is 0 Å². The molecule has 1 N–H and O–H groups in total. The second kappa shape index (κ2) is 8.52. The van der Waals surface area contributed by atoms with Crippen molar-refractivity contribution in [3.8, 4) is 0 Å². The Balaban J connectivity index is 2.42. The van der Waals surface area contributed by atoms with E-state index >= 15 is 0 Å². The molecule has 0 aliphatic carbocycles. The number of nitrogens with one attached hydrogen (secondary N) is 1. The second-order valence-corrected chi connectivity index (χ2v) is 6.02. The first kappa shape index (κ1) is 18.0. The summed E-state index contributed by atoms with van der Waals surface area (Å²) in [6.45, 7) is 4.86. The van der Waals surface area contributed by atoms with Gasteiger partial charge in [-0.1, -0.05) is 19.8 Å². The van der Waals surface area contributed by atoms with Crippen LogP contribution < -0.4 is 0 Å². The maximum atomic E-state index is 11.8. The Labute approximate surface area is 142 Å². The minimum atomic E-state index is -0.237. The van der Waals surface area contributed by atoms with Gasteiger partial charge in [-0.15, -0.1) is 0 Å². The molecule has 0 saturated heterocycles. The smallest absolute Gasteiger partial charge is 0.310 e. The summed E-state index contributed by atoms with van der Waals surface area (Å²) in [4.78, 5) is 25.7. The summed E-state index contributed by atoms with van der Waals surface area (Å²) in [6.07, 6.45) is 4.57. The number of methoxy groups -OCH3 is 1. The van der Waals surface area contributed by atoms with Gasteiger partial charge in [0.15, 0.2) is 0 Å². The normalized spacial score (nSPS) is 10.8. The third kappa shape index (κ3) is 4.16. The lowest BCUT2D eigenvalue weighted by Crippen LogP contribution is -2.06. The highest BCUT2D eigenvalue weighted by Gasteiger charge is 2.16. The lowest BCUT2D eigenvalue weighted by atomic mass is 10.0. The first-order valence-electron chi connectivity index (χ1n) is 8.35. The zero-order valence-corrected chi connectivity index (χ0v) is 14.6. The zero-order valence-electron chi connectivity index (χ0n) is 14.6. The molecule has 0 unspecified atom stereocenters. The summed E-state index contributed by atoms with van der Waals surface area (Å²) in [5, 5.41) is 1.04. The van der Waals surface area contributed by atoms with E-state index in [4.69, 9.17) is 9.47 Å². The van der Waals surface area contributed by atoms with E-state index in [2.05, 4.69) is 18.0 Å². The van der Waals surface area contributed by atoms with Crippen LogP contribution in [0.25, 0.3) is 10.9 Å². The summed E-state index contributed by atoms with van der Waals surface area (Å²) >= 11 is 0. The molecule has 24 heavy (non-hydrogen) atoms. The topological polar surface area (TPSA) is 68.4 Å². The highest BCUT2D eigenvalue weighted by atomic mass is 16.5. The van der Waals surface area contributed by atoms with E-state index in [0.29, 0.717) is 6.47 Å². The van der Waals surface area contributed by atoms with Crippen LogP contribution in [0.1, 0.15) is 48.6 Å². The van der Waals surface area contributed by atoms with E-state index in [1.54, 1.807) is 0 Å². The number of rotatable bonds is 9. The first-order valence-corrected chi connectivity index (χ1v) is 8.35. The van der Waals surface area contributed by atoms with Gasteiger partial charge in [-0.3, -0.25) is 9.59 Å². The van der Waals surface area contributed by atoms with Crippen molar-refractivity contribution in [2.75, 3.05) is 7.11 Å². The monoisotopic (exact) mass is 331 g/mol. The summed E-state index contributed by atoms with van der Waals surface area (Å²) in [7, 11) is 1.41. The Morgan fingerprint density at radius 1 is 1.29 bits per heavy atom. The molecular weight excluding hydrogens is 306 g/mol. The molecule has 0 atom stereocenters. The minimum Gasteiger partial charge on any atom is -0.469 e. The van der Waals surface area contributed by atoms with Crippen molar-refractivity contribution in [3.63, 3.8) is 0 Å². The summed E-state index contributed by atoms with van der Waals surface area (Å²) in [5.41, 5.74) is 5.07. The minimum absolute atomic E-state index is 0.237. The number of H-pyrrole nitrogens is 1. The number of benzene rings is 1. The molecule has 0 aliphatic rings. The molecule has 0 bridgehead atoms. The Hall–Kier alpha value is -2.30. The Morgan fingerprint density at radius 3 is 2.75 bits per heavy atom. The molecule has 1 heterocycles. The number of hydrogen-bond donors (Lipinski definition) is 1. The van der Waals surface area contributed by atoms with Gasteiger partial charge in [-0.2, -0.15) is 0 Å². The molecular formula is C19H25NO4. The number of aryl methyl sites for hydroxylation is 2. The van der Waals surface area contributed by atoms with E-state index in [1.165, 1.54) is 7.11 Å². The number of carbonyl (C=O) groups excluding carboxylic acids is 2. The molecule has 2 aromatic rings. The molecule has 0 saturated carbocycles. The molecule has 0 spiro atoms. The third-order valence-corrected chi connectivity index (χ3v) is 4.34. The van der Waals surface area contributed by atoms with Crippen molar-refractivity contribution in [1.29, 1.82) is 0 Å². The van der Waals surface area contributed by atoms with E-state index in [1.807, 2.05) is 13.0 Å². The Kier molecular flexibility index (Phi) is 6.41. The summed E-state index contributed by atoms with van der Waals surface area (Å²) in [5.74, 6) is -0.237. The molecule has 0 amide bonds. The standard InChI is InChI=1S/C19H25NO4/c1-4-5-6-7-17-16(10-19(22)23-3)15-8-13(2)14(11-24-12-21)9-18(15)20-17/h8-9,12,20H,4-7,10-11H2,1-3H3. The van der Waals surface area contributed by atoms with Gasteiger partial charge in [0.25, 0.3) is 6.47 Å². The zero-order chi connectivity index (χ0) is 17.5. The fourth-order valence-electron chi connectivity index (χ4n) is 2.97. The van der Waals surface area contributed by atoms with Gasteiger partial charge in [0.05, 0.1) is 13.5 Å². The van der Waals surface area contributed by atoms with Crippen LogP contribution in [0.2, 0.25) is 0 Å². The van der Waals surface area contributed by atoms with Crippen LogP contribution in [0.3, 0.4) is 0 Å². The van der Waals surface area contributed by atoms with Crippen molar-refractivity contribution >= 4 is 23.3 Å². The Bertz CT molecular complexity index is 718. The van der Waals surface area contributed by atoms with Gasteiger partial charge in [0, 0.05) is 16.6 Å². The second-order valence-electron chi connectivity index (χ2n) is 6.02. The van der Waals surface area contributed by atoms with Gasteiger partial charge >= 0.3 is 5.97 Å². The number of aromatic amines is 1. The molecule has 0 aliphatic heterocycles. The van der Waals surface area contributed by atoms with Crippen molar-refractivity contribution < 1.29 is 19.1 Å². The predicted octanol–water partition coefficient (Wildman–Crippen LogP) is 3.60. The number of hydrogen-bond acceptors (Lipinski definition) is 4. The van der Waals surface area contributed by atoms with Crippen LogP contribution in [-0.4, -0.2) is 24.5 Å². The lowest BCUT2D eigenvalue weighted by molar-refractivity contribution is -0.139. The molecule has 2 rings (SSSR count). The van der Waals surface area contributed by atoms with Gasteiger partial charge in [0.1, 0.15) is 6.61 Å². The fraction of sp³-hybridized carbons (Fsp3) is 0.474. The van der Waals surface area contributed by atoms with Crippen molar-refractivity contribution in [1.82, 2.24) is 4.98 Å². The van der Waals surface area contributed by atoms with E-state index in [9.17, 15) is 9.59 Å². The highest BCUT2D eigenvalue weighted by Crippen LogP contribution is 2.28. The number of unbranched alkanes of at least 4 members (excludes halogenated alkanes) is 2. The van der Waals surface area contributed by atoms with Crippen LogP contribution in [0.4, 0.5) is 0 Å². The first-order chi connectivity index (χ1) is 11.6. The fourth-order valence-corrected chi connectivity index (χ4v) is 2.97. The average Bonchev–Trinajstić information content (AvgIpc) is 2.89. The van der Waals surface area contributed by atoms with Gasteiger partial charge in [-0.25, -0.2) is 0 Å². The molecule has 130 valence electrons. The van der Waals surface area contributed by atoms with E-state index in [0.717, 1.165) is 59.0 Å². The number of aromatic nitrogens is 1. The SMILES string of the molecule is CCCCCc1[nH]c2cc(COC=O)c(C)cc2c1CC(=O)OC. The third-order valence-electron chi connectivity index (χ3n) is 4.34. The van der Waals surface area contributed by atoms with Gasteiger partial charge in [0.2, 0.25) is 0 Å². The number of fused-ring (bicyclic) bond motifs is 1. The quantitative estimate of drug-likeness (QED) is 0.433. The molecule has 1 aromatic carbocycles. The lowest BCUT2D eigenvalue weighted by Gasteiger charge is -2.06. The maximum Gasteiger partial charge on any atom is 0.310 e. The molecule has 5 nitrogen and oxygen atoms in total. The Morgan fingerprint density at radius 2 is 2.08 bits per heavy atom. The maximum absolute atomic E-state index is 11.8. The molecule has 0 radical (unpaired) electrons. The number of esters is 1. The van der Waals surface area contributed by atoms with Gasteiger partial charge in [-0.05, 0) is 48.6 Å². The predicted molar refractivity (Wildman–Crippen MR) is 92.8 cm³/mol. The number of carbonyl (C=O) groups is 2. The molecule has 5 heteroatoms. The van der Waals surface area contributed by atoms with Crippen LogP contribution >= 0.6 is 0 Å². The van der Waals surface area contributed by atoms with Crippen molar-refractivity contribution in [3.05, 3.63) is 34.5 Å². The molecule has 1 aromatic heterocycles. The highest BCUT2D eigenvalue weighted by molar-refractivity contribution is 5.89. The van der Waals surface area contributed by atoms with Crippen LogP contribution in [0, 0.1) is 6.92 Å². The van der Waals surface area contributed by atoms with Crippen molar-refractivity contribution in [2.45, 2.75) is 52.6 Å². The van der Waals surface area contributed by atoms with Crippen molar-refractivity contribution in [2.24, 2.45) is 0 Å². The van der Waals surface area contributed by atoms with Crippen LogP contribution in [-0.2, 0) is 38.5 Å². The van der Waals surface area contributed by atoms with E-state index < -0.39 is 0 Å². The molecule has 0 fully saturated rings. The van der Waals surface area contributed by atoms with Crippen LogP contribution in [0.15, 0.2) is 12.1 Å². The summed E-state index contributed by atoms with van der Waals surface area (Å²) in [6, 6.07) is 4.05.